The van der Waals surface area contributed by atoms with E-state index in [0.717, 1.165) is 44.1 Å². The molecule has 8 nitrogen and oxygen atoms in total. The number of para-hydroxylation sites is 1. The van der Waals surface area contributed by atoms with Gasteiger partial charge in [0.2, 0.25) is 0 Å². The van der Waals surface area contributed by atoms with Gasteiger partial charge in [-0.1, -0.05) is 132 Å². The van der Waals surface area contributed by atoms with Gasteiger partial charge in [0.15, 0.2) is 23.2 Å². The zero-order valence-electron chi connectivity index (χ0n) is 35.2. The first-order chi connectivity index (χ1) is 31.8. The lowest BCUT2D eigenvalue weighted by atomic mass is 9.88. The van der Waals surface area contributed by atoms with Crippen LogP contribution in [-0.4, -0.2) is 19.5 Å². The molecule has 0 spiro atoms. The Morgan fingerprint density at radius 2 is 1.00 bits per heavy atom. The first-order valence-electron chi connectivity index (χ1n) is 20.9. The maximum atomic E-state index is 10.8. The molecule has 0 aliphatic rings. The van der Waals surface area contributed by atoms with Crippen molar-refractivity contribution in [1.29, 1.82) is 15.8 Å². The number of benzene rings is 8. The van der Waals surface area contributed by atoms with Crippen LogP contribution in [0.1, 0.15) is 27.8 Å². The molecule has 0 bridgehead atoms. The molecule has 10 aromatic rings. The molecule has 2 heterocycles. The average molecular weight is 831 g/mol. The van der Waals surface area contributed by atoms with Gasteiger partial charge in [-0.2, -0.15) is 15.8 Å². The van der Waals surface area contributed by atoms with E-state index in [1.54, 1.807) is 30.3 Å². The van der Waals surface area contributed by atoms with Crippen LogP contribution in [0.2, 0.25) is 0 Å². The third-order valence-corrected chi connectivity index (χ3v) is 11.6. The van der Waals surface area contributed by atoms with E-state index in [1.165, 1.54) is 11.1 Å². The van der Waals surface area contributed by atoms with Crippen LogP contribution in [0.25, 0.3) is 99.9 Å². The normalized spacial score (nSPS) is 10.9. The first kappa shape index (κ1) is 39.7. The van der Waals surface area contributed by atoms with E-state index in [9.17, 15) is 15.8 Å². The Labute approximate surface area is 375 Å². The zero-order chi connectivity index (χ0) is 44.6. The molecule has 0 atom stereocenters. The summed E-state index contributed by atoms with van der Waals surface area (Å²) in [7, 11) is 0. The average Bonchev–Trinajstić information content (AvgIpc) is 3.68. The zero-order valence-corrected chi connectivity index (χ0v) is 35.2. The molecule has 0 saturated carbocycles. The largest absolute Gasteiger partial charge is 0.308 e. The van der Waals surface area contributed by atoms with Crippen LogP contribution in [0.3, 0.4) is 0 Å². The van der Waals surface area contributed by atoms with Gasteiger partial charge in [0.25, 0.3) is 0 Å². The number of nitriles is 3. The summed E-state index contributed by atoms with van der Waals surface area (Å²) in [6, 6.07) is 61.9. The van der Waals surface area contributed by atoms with Crippen LogP contribution < -0.4 is 0 Å². The summed E-state index contributed by atoms with van der Waals surface area (Å²) in [4.78, 5) is 18.8. The lowest BCUT2D eigenvalue weighted by Gasteiger charge is -2.22. The van der Waals surface area contributed by atoms with E-state index < -0.39 is 0 Å². The van der Waals surface area contributed by atoms with Gasteiger partial charge < -0.3 is 4.57 Å². The molecule has 0 fully saturated rings. The monoisotopic (exact) mass is 830 g/mol. The van der Waals surface area contributed by atoms with Crippen molar-refractivity contribution < 1.29 is 0 Å². The summed E-state index contributed by atoms with van der Waals surface area (Å²) < 4.78 is 2.20. The molecule has 0 aliphatic carbocycles. The summed E-state index contributed by atoms with van der Waals surface area (Å²) in [5, 5.41) is 33.6. The van der Waals surface area contributed by atoms with Gasteiger partial charge in [-0.15, -0.1) is 0 Å². The fraction of sp³-hybridized carbons (Fsp3) is 0.0351. The predicted octanol–water partition coefficient (Wildman–Crippen LogP) is 13.8. The summed E-state index contributed by atoms with van der Waals surface area (Å²) in [5.41, 5.74) is 12.9. The molecule has 8 aromatic carbocycles. The molecule has 0 saturated heterocycles. The minimum absolute atomic E-state index is 0.292. The van der Waals surface area contributed by atoms with Gasteiger partial charge in [-0.3, -0.25) is 0 Å². The Morgan fingerprint density at radius 3 is 1.60 bits per heavy atom. The molecule has 0 aliphatic heterocycles. The molecule has 2 aromatic heterocycles. The first-order valence-corrected chi connectivity index (χ1v) is 20.9. The van der Waals surface area contributed by atoms with Gasteiger partial charge in [-0.25, -0.2) is 19.8 Å². The summed E-state index contributed by atoms with van der Waals surface area (Å²) >= 11 is 0. The van der Waals surface area contributed by atoms with Crippen molar-refractivity contribution in [2.75, 3.05) is 0 Å². The van der Waals surface area contributed by atoms with Gasteiger partial charge in [0.1, 0.15) is 0 Å². The highest BCUT2D eigenvalue weighted by Gasteiger charge is 2.26. The van der Waals surface area contributed by atoms with E-state index in [4.69, 9.17) is 21.5 Å². The second-order valence-electron chi connectivity index (χ2n) is 15.9. The smallest absolute Gasteiger partial charge is 0.188 e. The Bertz CT molecular complexity index is 3550. The number of fused-ring (bicyclic) bond motifs is 3. The maximum absolute atomic E-state index is 10.8. The highest BCUT2D eigenvalue weighted by Crippen LogP contribution is 2.46. The van der Waals surface area contributed by atoms with E-state index in [-0.39, 0.29) is 0 Å². The Balaban J connectivity index is 1.37. The quantitative estimate of drug-likeness (QED) is 0.148. The topological polar surface area (TPSA) is 119 Å². The van der Waals surface area contributed by atoms with Gasteiger partial charge in [0, 0.05) is 49.7 Å². The van der Waals surface area contributed by atoms with Crippen molar-refractivity contribution in [2.45, 2.75) is 13.8 Å². The fourth-order valence-corrected chi connectivity index (χ4v) is 8.76. The molecule has 0 unspecified atom stereocenters. The molecular formula is C57H34N8. The lowest BCUT2D eigenvalue weighted by molar-refractivity contribution is 1.07. The van der Waals surface area contributed by atoms with Crippen molar-refractivity contribution in [1.82, 2.24) is 19.5 Å². The van der Waals surface area contributed by atoms with Crippen LogP contribution in [0, 0.1) is 54.4 Å². The highest BCUT2D eigenvalue weighted by atomic mass is 15.0. The molecule has 0 radical (unpaired) electrons. The van der Waals surface area contributed by atoms with Crippen molar-refractivity contribution in [3.63, 3.8) is 0 Å². The van der Waals surface area contributed by atoms with Gasteiger partial charge in [0.05, 0.1) is 52.6 Å². The highest BCUT2D eigenvalue weighted by molar-refractivity contribution is 6.12. The molecule has 10 rings (SSSR count). The van der Waals surface area contributed by atoms with E-state index >= 15 is 0 Å². The standard InChI is InChI=1S/C57H34N8/c1-35-24-36(2)26-41(25-35)40-19-23-53-49(29-40)48-16-10-11-17-52(48)65(53)54-50(46-21-18-37(32-58)27-43(46)33-59)30-42(31-51(54)47-22-20-45(61-3)28-44(47)34-60)57-63-55(38-12-6-4-7-13-38)62-56(64-57)39-14-8-5-9-15-39/h4-31H,1-2H3. The maximum Gasteiger partial charge on any atom is 0.188 e. The number of aryl methyl sites for hydroxylation is 2. The minimum Gasteiger partial charge on any atom is -0.308 e. The minimum atomic E-state index is 0.292. The molecule has 302 valence electrons. The Kier molecular flexibility index (Phi) is 10.0. The Hall–Kier alpha value is -9.47. The van der Waals surface area contributed by atoms with Crippen molar-refractivity contribution >= 4 is 27.5 Å². The van der Waals surface area contributed by atoms with E-state index in [1.807, 2.05) is 91.0 Å². The number of rotatable bonds is 7. The van der Waals surface area contributed by atoms with Crippen molar-refractivity contribution in [3.05, 3.63) is 209 Å². The molecule has 65 heavy (non-hydrogen) atoms. The molecule has 0 N–H and O–H groups in total. The van der Waals surface area contributed by atoms with E-state index in [0.29, 0.717) is 73.4 Å². The Morgan fingerprint density at radius 1 is 0.446 bits per heavy atom. The SMILES string of the molecule is [C-]#[N+]c1ccc(-c2cc(-c3nc(-c4ccccc4)nc(-c4ccccc4)n3)cc(-c3ccc(C#N)cc3C#N)c2-n2c3ccccc3c3cc(-c4cc(C)cc(C)c4)ccc32)c(C#N)c1. The molecule has 8 heteroatoms. The van der Waals surface area contributed by atoms with Crippen LogP contribution >= 0.6 is 0 Å². The van der Waals surface area contributed by atoms with Crippen molar-refractivity contribution in [2.24, 2.45) is 0 Å². The van der Waals surface area contributed by atoms with Crippen LogP contribution in [-0.2, 0) is 0 Å². The number of nitrogens with zero attached hydrogens (tertiary/aromatic N) is 8. The summed E-state index contributed by atoms with van der Waals surface area (Å²) in [6.07, 6.45) is 0. The number of hydrogen-bond donors (Lipinski definition) is 0. The second-order valence-corrected chi connectivity index (χ2v) is 15.9. The number of hydrogen-bond acceptors (Lipinski definition) is 6. The number of aromatic nitrogens is 4. The van der Waals surface area contributed by atoms with Crippen LogP contribution in [0.4, 0.5) is 5.69 Å². The second kappa shape index (κ2) is 16.4. The molecule has 0 amide bonds. The third-order valence-electron chi connectivity index (χ3n) is 11.6. The van der Waals surface area contributed by atoms with Crippen LogP contribution in [0.15, 0.2) is 170 Å². The molecular weight excluding hydrogens is 797 g/mol. The van der Waals surface area contributed by atoms with E-state index in [2.05, 4.69) is 90.0 Å². The summed E-state index contributed by atoms with van der Waals surface area (Å²) in [6.45, 7) is 12.0. The predicted molar refractivity (Wildman–Crippen MR) is 257 cm³/mol. The third kappa shape index (κ3) is 7.20. The van der Waals surface area contributed by atoms with Crippen LogP contribution in [0.5, 0.6) is 0 Å². The van der Waals surface area contributed by atoms with Gasteiger partial charge >= 0.3 is 0 Å². The fourth-order valence-electron chi connectivity index (χ4n) is 8.76. The van der Waals surface area contributed by atoms with Crippen molar-refractivity contribution in [3.8, 4) is 91.4 Å². The summed E-state index contributed by atoms with van der Waals surface area (Å²) in [5.74, 6) is 1.31. The van der Waals surface area contributed by atoms with Gasteiger partial charge in [-0.05, 0) is 79.1 Å². The lowest BCUT2D eigenvalue weighted by Crippen LogP contribution is -2.05.